The number of likely N-dealkylation sites (tertiary alicyclic amines) is 1. The largest absolute Gasteiger partial charge is 2.00 e. The first kappa shape index (κ1) is 16.7. The van der Waals surface area contributed by atoms with E-state index in [1.807, 2.05) is 7.05 Å². The molecule has 0 unspecified atom stereocenters. The Labute approximate surface area is 78.6 Å². The number of rotatable bonds is 0. The number of hydrogen-bond acceptors (Lipinski definition) is 1. The van der Waals surface area contributed by atoms with E-state index in [1.54, 1.807) is 4.90 Å². The summed E-state index contributed by atoms with van der Waals surface area (Å²) in [4.78, 5) is 12.3. The van der Waals surface area contributed by atoms with Gasteiger partial charge in [-0.25, -0.2) is 0 Å². The molecule has 1 fully saturated rings. The van der Waals surface area contributed by atoms with E-state index >= 15 is 0 Å². The Kier molecular flexibility index (Phi) is 12.2. The van der Waals surface area contributed by atoms with Crippen LogP contribution in [0.4, 0.5) is 0 Å². The molecule has 5 heteroatoms. The maximum Gasteiger partial charge on any atom is 2.00 e. The van der Waals surface area contributed by atoms with Crippen LogP contribution in [0.1, 0.15) is 12.8 Å². The third-order valence-electron chi connectivity index (χ3n) is 1.31. The third kappa shape index (κ3) is 4.11. The molecule has 0 aliphatic carbocycles. The second kappa shape index (κ2) is 7.33. The van der Waals surface area contributed by atoms with Gasteiger partial charge in [0.05, 0.1) is 0 Å². The van der Waals surface area contributed by atoms with E-state index in [4.69, 9.17) is 0 Å². The first-order valence-corrected chi connectivity index (χ1v) is 2.54. The van der Waals surface area contributed by atoms with Crippen LogP contribution in [-0.2, 0) is 24.3 Å². The monoisotopic (exact) mass is 185 g/mol. The fourth-order valence-electron chi connectivity index (χ4n) is 0.783. The Bertz CT molecular complexity index is 102. The summed E-state index contributed by atoms with van der Waals surface area (Å²) >= 11 is 0. The Hall–Kier alpha value is 0.223. The fourth-order valence-corrected chi connectivity index (χ4v) is 0.783. The molecule has 1 heterocycles. The fraction of sp³-hybridized carbons (Fsp3) is 0.800. The molecule has 0 saturated carbocycles. The summed E-state index contributed by atoms with van der Waals surface area (Å²) in [5.41, 5.74) is 0. The van der Waals surface area contributed by atoms with E-state index < -0.39 is 0 Å². The van der Waals surface area contributed by atoms with E-state index in [0.29, 0.717) is 5.91 Å². The molecule has 8 radical (unpaired) electrons. The number of carbonyl (C=O) groups excluding carboxylic acids is 1. The Balaban J connectivity index is -0.000000163. The van der Waals surface area contributed by atoms with Crippen LogP contribution in [0.15, 0.2) is 0 Å². The molecule has 1 aliphatic heterocycles. The molecular formula is C5H9B2NOZn. The van der Waals surface area contributed by atoms with Gasteiger partial charge in [0.25, 0.3) is 0 Å². The molecule has 0 spiro atoms. The molecule has 0 atom stereocenters. The van der Waals surface area contributed by atoms with E-state index in [1.165, 1.54) is 0 Å². The van der Waals surface area contributed by atoms with Crippen molar-refractivity contribution in [3.05, 3.63) is 0 Å². The zero-order chi connectivity index (χ0) is 5.28. The van der Waals surface area contributed by atoms with Crippen LogP contribution >= 0.6 is 0 Å². The van der Waals surface area contributed by atoms with Gasteiger partial charge in [-0.15, -0.1) is 0 Å². The second-order valence-corrected chi connectivity index (χ2v) is 1.92. The van der Waals surface area contributed by atoms with Gasteiger partial charge in [0.15, 0.2) is 0 Å². The van der Waals surface area contributed by atoms with Crippen molar-refractivity contribution in [3.63, 3.8) is 0 Å². The predicted octanol–water partition coefficient (Wildman–Crippen LogP) is -0.526. The zero-order valence-electron chi connectivity index (χ0n) is 6.34. The van der Waals surface area contributed by atoms with E-state index in [-0.39, 0.29) is 36.3 Å². The molecule has 1 rings (SSSR count). The summed E-state index contributed by atoms with van der Waals surface area (Å²) in [6, 6.07) is 0. The normalized spacial score (nSPS) is 14.9. The van der Waals surface area contributed by atoms with Crippen molar-refractivity contribution >= 4 is 22.7 Å². The summed E-state index contributed by atoms with van der Waals surface area (Å²) < 4.78 is 0. The summed E-state index contributed by atoms with van der Waals surface area (Å²) in [7, 11) is 1.84. The molecule has 0 aromatic rings. The maximum absolute atomic E-state index is 10.5. The van der Waals surface area contributed by atoms with Crippen molar-refractivity contribution in [2.75, 3.05) is 13.6 Å². The van der Waals surface area contributed by atoms with Gasteiger partial charge in [-0.2, -0.15) is 0 Å². The molecule has 0 N–H and O–H groups in total. The molecular weight excluding hydrogens is 177 g/mol. The number of nitrogens with zero attached hydrogens (tertiary/aromatic N) is 1. The molecule has 10 heavy (non-hydrogen) atoms. The maximum atomic E-state index is 10.5. The number of carbonyl (C=O) groups is 1. The van der Waals surface area contributed by atoms with Crippen molar-refractivity contribution in [1.82, 2.24) is 4.90 Å². The average molecular weight is 186 g/mol. The van der Waals surface area contributed by atoms with Gasteiger partial charge in [-0.05, 0) is 6.42 Å². The second-order valence-electron chi connectivity index (χ2n) is 1.92. The van der Waals surface area contributed by atoms with Crippen molar-refractivity contribution in [2.45, 2.75) is 12.8 Å². The van der Waals surface area contributed by atoms with Crippen molar-refractivity contribution in [3.8, 4) is 0 Å². The van der Waals surface area contributed by atoms with Crippen LogP contribution < -0.4 is 0 Å². The average Bonchev–Trinajstić information content (AvgIpc) is 1.91. The smallest absolute Gasteiger partial charge is 1.00 e. The van der Waals surface area contributed by atoms with E-state index in [2.05, 4.69) is 0 Å². The predicted molar refractivity (Wildman–Crippen MR) is 38.4 cm³/mol. The Morgan fingerprint density at radius 2 is 1.90 bits per heavy atom. The molecule has 48 valence electrons. The standard InChI is InChI=1S/C5H9NO.2B.Zn/c1-6-4-2-3-5(6)7;;;/h2-4H2,1H3;;;/q;2*-1;+2. The molecule has 0 aromatic carbocycles. The van der Waals surface area contributed by atoms with Gasteiger partial charge < -0.3 is 21.7 Å². The van der Waals surface area contributed by atoms with Crippen molar-refractivity contribution in [2.24, 2.45) is 0 Å². The van der Waals surface area contributed by atoms with E-state index in [9.17, 15) is 4.79 Å². The van der Waals surface area contributed by atoms with Gasteiger partial charge in [0.2, 0.25) is 5.91 Å². The van der Waals surface area contributed by atoms with Crippen LogP contribution in [0, 0.1) is 0 Å². The Morgan fingerprint density at radius 3 is 2.00 bits per heavy atom. The topological polar surface area (TPSA) is 20.3 Å². The van der Waals surface area contributed by atoms with Crippen LogP contribution in [0.5, 0.6) is 0 Å². The minimum atomic E-state index is 0. The molecule has 1 saturated heterocycles. The van der Waals surface area contributed by atoms with Gasteiger partial charge in [0, 0.05) is 20.0 Å². The minimum absolute atomic E-state index is 0. The van der Waals surface area contributed by atoms with Crippen LogP contribution in [0.2, 0.25) is 0 Å². The number of hydrogen-bond donors (Lipinski definition) is 0. The van der Waals surface area contributed by atoms with Gasteiger partial charge in [-0.3, -0.25) is 4.79 Å². The van der Waals surface area contributed by atoms with Crippen LogP contribution in [0.25, 0.3) is 0 Å². The first-order chi connectivity index (χ1) is 3.30. The molecule has 1 aliphatic rings. The van der Waals surface area contributed by atoms with Crippen molar-refractivity contribution in [1.29, 1.82) is 0 Å². The van der Waals surface area contributed by atoms with Crippen LogP contribution in [-0.4, -0.2) is 41.2 Å². The van der Waals surface area contributed by atoms with E-state index in [0.717, 1.165) is 19.4 Å². The summed E-state index contributed by atoms with van der Waals surface area (Å²) in [5.74, 6) is 0.292. The van der Waals surface area contributed by atoms with Gasteiger partial charge in [0.1, 0.15) is 0 Å². The summed E-state index contributed by atoms with van der Waals surface area (Å²) in [6.07, 6.45) is 1.81. The number of amides is 1. The molecule has 0 bridgehead atoms. The quantitative estimate of drug-likeness (QED) is 0.466. The molecule has 2 nitrogen and oxygen atoms in total. The third-order valence-corrected chi connectivity index (χ3v) is 1.31. The van der Waals surface area contributed by atoms with Crippen molar-refractivity contribution < 1.29 is 24.3 Å². The first-order valence-electron chi connectivity index (χ1n) is 2.54. The van der Waals surface area contributed by atoms with Crippen LogP contribution in [0.3, 0.4) is 0 Å². The summed E-state index contributed by atoms with van der Waals surface area (Å²) in [5, 5.41) is 0. The molecule has 1 amide bonds. The SMILES string of the molecule is CN1CCCC1=O.[B-].[B-].[Zn+2]. The zero-order valence-corrected chi connectivity index (χ0v) is 9.31. The minimum Gasteiger partial charge on any atom is -1.00 e. The molecule has 0 aromatic heterocycles. The summed E-state index contributed by atoms with van der Waals surface area (Å²) in [6.45, 7) is 0.957. The van der Waals surface area contributed by atoms with Gasteiger partial charge in [-0.1, -0.05) is 0 Å². The Morgan fingerprint density at radius 1 is 1.40 bits per heavy atom. The van der Waals surface area contributed by atoms with Gasteiger partial charge >= 0.3 is 19.5 Å².